The fourth-order valence-electron chi connectivity index (χ4n) is 2.36. The van der Waals surface area contributed by atoms with Gasteiger partial charge in [0, 0.05) is 16.6 Å². The highest BCUT2D eigenvalue weighted by molar-refractivity contribution is 6.06. The lowest BCUT2D eigenvalue weighted by molar-refractivity contribution is 0.0998. The van der Waals surface area contributed by atoms with E-state index in [1.54, 1.807) is 43.5 Å². The number of amides is 1. The highest BCUT2D eigenvalue weighted by Crippen LogP contribution is 2.29. The Balaban J connectivity index is 1.91. The molecule has 0 aliphatic heterocycles. The van der Waals surface area contributed by atoms with Crippen molar-refractivity contribution < 1.29 is 13.9 Å². The van der Waals surface area contributed by atoms with Crippen molar-refractivity contribution in [1.82, 2.24) is 0 Å². The first-order valence-corrected chi connectivity index (χ1v) is 7.01. The average Bonchev–Trinajstić information content (AvgIpc) is 2.92. The molecule has 5 heteroatoms. The number of furan rings is 1. The molecule has 0 spiro atoms. The number of nitrogens with zero attached hydrogens (tertiary/aromatic N) is 1. The number of hydrogen-bond donors (Lipinski definition) is 1. The summed E-state index contributed by atoms with van der Waals surface area (Å²) in [6.45, 7) is 1.83. The van der Waals surface area contributed by atoms with Crippen molar-refractivity contribution in [2.45, 2.75) is 6.92 Å². The fraction of sp³-hybridized carbons (Fsp3) is 0.111. The number of carbonyl (C=O) groups excluding carboxylic acids is 1. The molecule has 23 heavy (non-hydrogen) atoms. The summed E-state index contributed by atoms with van der Waals surface area (Å²) in [5.74, 6) is 0.639. The third-order valence-corrected chi connectivity index (χ3v) is 3.62. The third kappa shape index (κ3) is 2.74. The summed E-state index contributed by atoms with van der Waals surface area (Å²) in [5.41, 5.74) is 2.53. The van der Waals surface area contributed by atoms with E-state index in [0.717, 1.165) is 10.9 Å². The molecule has 114 valence electrons. The van der Waals surface area contributed by atoms with E-state index in [9.17, 15) is 4.79 Å². The smallest absolute Gasteiger partial charge is 0.291 e. The van der Waals surface area contributed by atoms with Crippen molar-refractivity contribution in [2.75, 3.05) is 12.4 Å². The number of hydrogen-bond acceptors (Lipinski definition) is 4. The molecule has 0 radical (unpaired) electrons. The molecule has 0 fully saturated rings. The first kappa shape index (κ1) is 14.7. The van der Waals surface area contributed by atoms with Gasteiger partial charge in [-0.3, -0.25) is 4.79 Å². The number of aryl methyl sites for hydroxylation is 1. The molecule has 0 atom stereocenters. The summed E-state index contributed by atoms with van der Waals surface area (Å²) in [6, 6.07) is 14.1. The third-order valence-electron chi connectivity index (χ3n) is 3.62. The molecule has 1 amide bonds. The molecule has 1 aromatic heterocycles. The number of rotatable bonds is 3. The zero-order chi connectivity index (χ0) is 16.4. The van der Waals surface area contributed by atoms with Gasteiger partial charge in [-0.05, 0) is 49.4 Å². The summed E-state index contributed by atoms with van der Waals surface area (Å²) in [4.78, 5) is 12.4. The highest BCUT2D eigenvalue weighted by Gasteiger charge is 2.18. The lowest BCUT2D eigenvalue weighted by Crippen LogP contribution is -2.12. The second-order valence-electron chi connectivity index (χ2n) is 5.06. The van der Waals surface area contributed by atoms with Gasteiger partial charge in [-0.25, -0.2) is 0 Å². The molecular formula is C18H14N2O3. The molecular weight excluding hydrogens is 292 g/mol. The van der Waals surface area contributed by atoms with E-state index in [1.165, 1.54) is 0 Å². The van der Waals surface area contributed by atoms with E-state index >= 15 is 0 Å². The predicted octanol–water partition coefficient (Wildman–Crippen LogP) is 3.87. The summed E-state index contributed by atoms with van der Waals surface area (Å²) >= 11 is 0. The largest absolute Gasteiger partial charge is 0.497 e. The van der Waals surface area contributed by atoms with Crippen molar-refractivity contribution in [3.63, 3.8) is 0 Å². The quantitative estimate of drug-likeness (QED) is 0.797. The lowest BCUT2D eigenvalue weighted by Gasteiger charge is -2.03. The van der Waals surface area contributed by atoms with Crippen LogP contribution in [0.15, 0.2) is 46.9 Å². The van der Waals surface area contributed by atoms with E-state index in [4.69, 9.17) is 14.4 Å². The van der Waals surface area contributed by atoms with Crippen molar-refractivity contribution in [1.29, 1.82) is 5.26 Å². The predicted molar refractivity (Wildman–Crippen MR) is 86.6 cm³/mol. The standard InChI is InChI=1S/C18H14N2O3/c1-11-15-9-14(22-2)7-8-16(15)23-17(11)18(21)20-13-5-3-12(10-19)4-6-13/h3-9H,1-2H3,(H,20,21). The Morgan fingerprint density at radius 1 is 1.22 bits per heavy atom. The molecule has 0 aliphatic rings. The van der Waals surface area contributed by atoms with E-state index in [2.05, 4.69) is 5.32 Å². The van der Waals surface area contributed by atoms with Gasteiger partial charge < -0.3 is 14.5 Å². The molecule has 0 saturated heterocycles. The lowest BCUT2D eigenvalue weighted by atomic mass is 10.1. The van der Waals surface area contributed by atoms with E-state index in [-0.39, 0.29) is 11.7 Å². The van der Waals surface area contributed by atoms with Gasteiger partial charge in [0.05, 0.1) is 18.7 Å². The first-order valence-electron chi connectivity index (χ1n) is 7.01. The second kappa shape index (κ2) is 5.85. The number of nitriles is 1. The zero-order valence-corrected chi connectivity index (χ0v) is 12.7. The number of anilines is 1. The number of benzene rings is 2. The van der Waals surface area contributed by atoms with Crippen molar-refractivity contribution in [3.8, 4) is 11.8 Å². The Hall–Kier alpha value is -3.26. The monoisotopic (exact) mass is 306 g/mol. The Labute approximate surface area is 133 Å². The van der Waals surface area contributed by atoms with Crippen LogP contribution >= 0.6 is 0 Å². The minimum absolute atomic E-state index is 0.262. The summed E-state index contributed by atoms with van der Waals surface area (Å²) in [6.07, 6.45) is 0. The Morgan fingerprint density at radius 3 is 2.61 bits per heavy atom. The van der Waals surface area contributed by atoms with Crippen LogP contribution in [0.3, 0.4) is 0 Å². The van der Waals surface area contributed by atoms with Crippen LogP contribution in [0.5, 0.6) is 5.75 Å². The number of carbonyl (C=O) groups is 1. The topological polar surface area (TPSA) is 75.3 Å². The zero-order valence-electron chi connectivity index (χ0n) is 12.7. The molecule has 0 bridgehead atoms. The van der Waals surface area contributed by atoms with Crippen LogP contribution in [0.1, 0.15) is 21.7 Å². The summed E-state index contributed by atoms with van der Waals surface area (Å²) in [7, 11) is 1.59. The van der Waals surface area contributed by atoms with Gasteiger partial charge in [-0.1, -0.05) is 0 Å². The van der Waals surface area contributed by atoms with Crippen LogP contribution < -0.4 is 10.1 Å². The summed E-state index contributed by atoms with van der Waals surface area (Å²) in [5, 5.41) is 12.4. The number of methoxy groups -OCH3 is 1. The van der Waals surface area contributed by atoms with E-state index in [0.29, 0.717) is 22.6 Å². The van der Waals surface area contributed by atoms with Crippen molar-refractivity contribution in [2.24, 2.45) is 0 Å². The van der Waals surface area contributed by atoms with Crippen LogP contribution in [0.2, 0.25) is 0 Å². The number of fused-ring (bicyclic) bond motifs is 1. The molecule has 3 aromatic rings. The minimum Gasteiger partial charge on any atom is -0.497 e. The maximum absolute atomic E-state index is 12.4. The molecule has 0 aliphatic carbocycles. The van der Waals surface area contributed by atoms with Gasteiger partial charge in [0.15, 0.2) is 5.76 Å². The molecule has 1 heterocycles. The molecule has 5 nitrogen and oxygen atoms in total. The van der Waals surface area contributed by atoms with Gasteiger partial charge in [0.2, 0.25) is 0 Å². The maximum Gasteiger partial charge on any atom is 0.291 e. The van der Waals surface area contributed by atoms with E-state index in [1.807, 2.05) is 19.1 Å². The molecule has 1 N–H and O–H groups in total. The van der Waals surface area contributed by atoms with Gasteiger partial charge in [0.25, 0.3) is 5.91 Å². The van der Waals surface area contributed by atoms with Crippen molar-refractivity contribution >= 4 is 22.6 Å². The van der Waals surface area contributed by atoms with Crippen LogP contribution in [-0.2, 0) is 0 Å². The fourth-order valence-corrected chi connectivity index (χ4v) is 2.36. The Bertz CT molecular complexity index is 918. The average molecular weight is 306 g/mol. The molecule has 3 rings (SSSR count). The second-order valence-corrected chi connectivity index (χ2v) is 5.06. The van der Waals surface area contributed by atoms with Crippen LogP contribution in [0, 0.1) is 18.3 Å². The Kier molecular flexibility index (Phi) is 3.73. The van der Waals surface area contributed by atoms with Crippen LogP contribution in [0.25, 0.3) is 11.0 Å². The SMILES string of the molecule is COc1ccc2oc(C(=O)Nc3ccc(C#N)cc3)c(C)c2c1. The van der Waals surface area contributed by atoms with Crippen LogP contribution in [-0.4, -0.2) is 13.0 Å². The number of nitrogens with one attached hydrogen (secondary N) is 1. The molecule has 2 aromatic carbocycles. The first-order chi connectivity index (χ1) is 11.1. The van der Waals surface area contributed by atoms with Gasteiger partial charge in [-0.15, -0.1) is 0 Å². The van der Waals surface area contributed by atoms with Gasteiger partial charge in [0.1, 0.15) is 11.3 Å². The maximum atomic E-state index is 12.4. The molecule has 0 saturated carbocycles. The van der Waals surface area contributed by atoms with Gasteiger partial charge in [-0.2, -0.15) is 5.26 Å². The van der Waals surface area contributed by atoms with E-state index < -0.39 is 0 Å². The molecule has 0 unspecified atom stereocenters. The van der Waals surface area contributed by atoms with Crippen LogP contribution in [0.4, 0.5) is 5.69 Å². The van der Waals surface area contributed by atoms with Gasteiger partial charge >= 0.3 is 0 Å². The normalized spacial score (nSPS) is 10.3. The van der Waals surface area contributed by atoms with Crippen molar-refractivity contribution in [3.05, 3.63) is 59.4 Å². The highest BCUT2D eigenvalue weighted by atomic mass is 16.5. The Morgan fingerprint density at radius 2 is 1.96 bits per heavy atom. The number of ether oxygens (including phenoxy) is 1. The minimum atomic E-state index is -0.331. The summed E-state index contributed by atoms with van der Waals surface area (Å²) < 4.78 is 10.9.